The van der Waals surface area contributed by atoms with Crippen molar-refractivity contribution < 1.29 is 95.3 Å². The first-order chi connectivity index (χ1) is 36.3. The van der Waals surface area contributed by atoms with Crippen LogP contribution in [0.3, 0.4) is 0 Å². The molecule has 0 aromatic heterocycles. The number of carbonyl (C=O) groups is 10. The smallest absolute Gasteiger partial charge is 0.407 e. The van der Waals surface area contributed by atoms with Crippen molar-refractivity contribution in [1.29, 1.82) is 0 Å². The molecule has 23 nitrogen and oxygen atoms in total. The summed E-state index contributed by atoms with van der Waals surface area (Å²) in [6.07, 6.45) is -0.265. The average molecular weight is 1180 g/mol. The highest BCUT2D eigenvalue weighted by atomic mass is 32.2. The number of carbonyl (C=O) groups excluding carboxylic acids is 10. The second-order valence-electron chi connectivity index (χ2n) is 18.9. The zero-order chi connectivity index (χ0) is 58.2. The maximum atomic E-state index is 13.0. The third-order valence-electron chi connectivity index (χ3n) is 10.7. The molecule has 0 atom stereocenters. The minimum atomic E-state index is -1.55. The van der Waals surface area contributed by atoms with Crippen LogP contribution < -0.4 is 16.0 Å². The van der Waals surface area contributed by atoms with Crippen molar-refractivity contribution in [3.63, 3.8) is 0 Å². The molecule has 77 heavy (non-hydrogen) atoms. The Morgan fingerprint density at radius 2 is 0.584 bits per heavy atom. The Bertz CT molecular complexity index is 1640. The summed E-state index contributed by atoms with van der Waals surface area (Å²) >= 11 is 7.94. The van der Waals surface area contributed by atoms with Gasteiger partial charge in [0.2, 0.25) is 0 Å². The maximum absolute atomic E-state index is 13.0. The summed E-state index contributed by atoms with van der Waals surface area (Å²) in [6.45, 7) is 14.4. The molecule has 0 unspecified atom stereocenters. The van der Waals surface area contributed by atoms with Gasteiger partial charge in [-0.1, -0.05) is 20.8 Å². The molecule has 0 rings (SSSR count). The normalized spacial score (nSPS) is 11.5. The number of hydrogen-bond acceptors (Lipinski definition) is 24. The third kappa shape index (κ3) is 41.3. The summed E-state index contributed by atoms with van der Waals surface area (Å²) in [5, 5.41) is 7.56. The largest absolute Gasteiger partial charge is 0.465 e. The summed E-state index contributed by atoms with van der Waals surface area (Å²) < 4.78 is 53.5. The Morgan fingerprint density at radius 3 is 0.805 bits per heavy atom. The van der Waals surface area contributed by atoms with E-state index in [9.17, 15) is 47.9 Å². The third-order valence-corrected chi connectivity index (χ3v) is 13.9. The fraction of sp³-hybridized carbons (Fsp3) is 0.800. The summed E-state index contributed by atoms with van der Waals surface area (Å²) in [4.78, 5) is 124. The number of alkyl carbamates (subject to hydrolysis) is 3. The molecule has 0 heterocycles. The van der Waals surface area contributed by atoms with Gasteiger partial charge in [0.1, 0.15) is 68.5 Å². The van der Waals surface area contributed by atoms with Crippen LogP contribution in [0.1, 0.15) is 127 Å². The SMILES string of the molecule is CCC(C)(C)OC(=O)NCCOC(=O)CCSCCC(=O)OCC(COC(=O)CCS)(COC(=O)CCSCCC(=O)OCCNC(=O)OC(C)(C)CC)COC(=O)CCSCCC(=O)OCCNC(=O)OC(C)(C)CC. The molecule has 0 fully saturated rings. The lowest BCUT2D eigenvalue weighted by Crippen LogP contribution is -2.44. The van der Waals surface area contributed by atoms with Crippen LogP contribution in [0.2, 0.25) is 0 Å². The molecule has 0 aliphatic rings. The fourth-order valence-corrected chi connectivity index (χ4v) is 7.71. The predicted octanol–water partition coefficient (Wildman–Crippen LogP) is 6.38. The second-order valence-corrected chi connectivity index (χ2v) is 23.0. The molecule has 0 aromatic rings. The van der Waals surface area contributed by atoms with Gasteiger partial charge in [-0.05, 0) is 60.8 Å². The first-order valence-electron chi connectivity index (χ1n) is 25.6. The van der Waals surface area contributed by atoms with E-state index in [2.05, 4.69) is 28.6 Å². The summed E-state index contributed by atoms with van der Waals surface area (Å²) in [5.74, 6) is -2.33. The fourth-order valence-electron chi connectivity index (χ4n) is 5.05. The van der Waals surface area contributed by atoms with Crippen molar-refractivity contribution in [3.8, 4) is 0 Å². The lowest BCUT2D eigenvalue weighted by atomic mass is 9.92. The molecular formula is C50H85N3O20S4. The second kappa shape index (κ2) is 41.5. The zero-order valence-corrected chi connectivity index (χ0v) is 49.8. The van der Waals surface area contributed by atoms with Crippen molar-refractivity contribution in [2.24, 2.45) is 5.41 Å². The van der Waals surface area contributed by atoms with Gasteiger partial charge in [0, 0.05) is 40.3 Å². The van der Waals surface area contributed by atoms with Crippen LogP contribution in [-0.2, 0) is 80.9 Å². The number of thiol groups is 1. The minimum Gasteiger partial charge on any atom is -0.465 e. The van der Waals surface area contributed by atoms with Crippen molar-refractivity contribution in [2.45, 2.75) is 143 Å². The molecule has 3 N–H and O–H groups in total. The van der Waals surface area contributed by atoms with Crippen molar-refractivity contribution in [2.75, 3.05) is 106 Å². The molecule has 0 radical (unpaired) electrons. The maximum Gasteiger partial charge on any atom is 0.407 e. The van der Waals surface area contributed by atoms with Crippen LogP contribution in [0, 0.1) is 5.41 Å². The van der Waals surface area contributed by atoms with Gasteiger partial charge < -0.3 is 63.3 Å². The van der Waals surface area contributed by atoms with Gasteiger partial charge in [-0.25, -0.2) is 14.4 Å². The quantitative estimate of drug-likeness (QED) is 0.0223. The molecule has 0 bridgehead atoms. The average Bonchev–Trinajstić information content (AvgIpc) is 3.36. The van der Waals surface area contributed by atoms with Gasteiger partial charge in [-0.3, -0.25) is 33.6 Å². The highest BCUT2D eigenvalue weighted by molar-refractivity contribution is 7.99. The van der Waals surface area contributed by atoms with E-state index >= 15 is 0 Å². The first kappa shape index (κ1) is 72.5. The monoisotopic (exact) mass is 1180 g/mol. The van der Waals surface area contributed by atoms with Crippen LogP contribution >= 0.6 is 47.9 Å². The Morgan fingerprint density at radius 1 is 0.364 bits per heavy atom. The highest BCUT2D eigenvalue weighted by Gasteiger charge is 2.38. The van der Waals surface area contributed by atoms with Crippen molar-refractivity contribution in [3.05, 3.63) is 0 Å². The van der Waals surface area contributed by atoms with Crippen LogP contribution in [0.4, 0.5) is 14.4 Å². The molecule has 0 aromatic carbocycles. The predicted molar refractivity (Wildman–Crippen MR) is 294 cm³/mol. The number of hydrogen-bond donors (Lipinski definition) is 4. The molecule has 0 spiro atoms. The number of amides is 3. The summed E-state index contributed by atoms with van der Waals surface area (Å²) in [7, 11) is 0. The van der Waals surface area contributed by atoms with Crippen molar-refractivity contribution in [1.82, 2.24) is 16.0 Å². The van der Waals surface area contributed by atoms with Crippen molar-refractivity contribution >= 4 is 108 Å². The van der Waals surface area contributed by atoms with Gasteiger partial charge in [0.15, 0.2) is 0 Å². The summed E-state index contributed by atoms with van der Waals surface area (Å²) in [6, 6.07) is 0. The number of nitrogens with one attached hydrogen (secondary N) is 3. The van der Waals surface area contributed by atoms with E-state index in [1.54, 1.807) is 41.5 Å². The topological polar surface area (TPSA) is 299 Å². The number of esters is 7. The van der Waals surface area contributed by atoms with E-state index in [0.717, 1.165) is 0 Å². The molecule has 0 saturated carbocycles. The van der Waals surface area contributed by atoms with E-state index in [1.165, 1.54) is 35.3 Å². The van der Waals surface area contributed by atoms with E-state index < -0.39 is 109 Å². The van der Waals surface area contributed by atoms with Gasteiger partial charge in [-0.2, -0.15) is 47.9 Å². The van der Waals surface area contributed by atoms with Gasteiger partial charge in [0.25, 0.3) is 0 Å². The molecule has 3 amide bonds. The number of thioether (sulfide) groups is 3. The number of ether oxygens (including phenoxy) is 10. The van der Waals surface area contributed by atoms with Gasteiger partial charge in [0.05, 0.1) is 64.6 Å². The van der Waals surface area contributed by atoms with E-state index in [1.807, 2.05) is 20.8 Å². The van der Waals surface area contributed by atoms with Gasteiger partial charge in [-0.15, -0.1) is 0 Å². The first-order valence-corrected chi connectivity index (χ1v) is 29.7. The Labute approximate surface area is 472 Å². The molecular weight excluding hydrogens is 1090 g/mol. The van der Waals surface area contributed by atoms with E-state index in [-0.39, 0.29) is 107 Å². The van der Waals surface area contributed by atoms with E-state index in [0.29, 0.717) is 36.5 Å². The molecule has 444 valence electrons. The highest BCUT2D eigenvalue weighted by Crippen LogP contribution is 2.24. The van der Waals surface area contributed by atoms with Crippen LogP contribution in [0.15, 0.2) is 0 Å². The lowest BCUT2D eigenvalue weighted by molar-refractivity contribution is -0.170. The van der Waals surface area contributed by atoms with E-state index in [4.69, 9.17) is 47.4 Å². The Kier molecular flexibility index (Phi) is 39.1. The van der Waals surface area contributed by atoms with Crippen LogP contribution in [0.25, 0.3) is 0 Å². The molecule has 27 heteroatoms. The Balaban J connectivity index is 5.41. The summed E-state index contributed by atoms with van der Waals surface area (Å²) in [5.41, 5.74) is -3.45. The standard InChI is InChI=1S/C50H85N3O20S4/c1-10-47(4,5)71-44(61)51-20-23-64-38(55)14-27-75-30-17-41(58)68-34-50(33-67-37(54)13-26-74,35-69-42(59)18-31-76-28-15-39(56)65-24-21-52-45(62)72-48(6,7)11-2)36-70-43(60)19-32-77-29-16-40(57)66-25-22-53-46(63)73-49(8,9)12-3/h74H,10-36H2,1-9H3,(H,51,61)(H,52,62)(H,53,63). The number of rotatable bonds is 43. The lowest BCUT2D eigenvalue weighted by Gasteiger charge is -2.31. The minimum absolute atomic E-state index is 0.0357. The Hall–Kier alpha value is -4.50. The van der Waals surface area contributed by atoms with Crippen LogP contribution in [-0.4, -0.2) is 183 Å². The molecule has 0 aliphatic carbocycles. The van der Waals surface area contributed by atoms with Crippen LogP contribution in [0.5, 0.6) is 0 Å². The van der Waals surface area contributed by atoms with Gasteiger partial charge >= 0.3 is 60.1 Å². The molecule has 0 aliphatic heterocycles. The molecule has 0 saturated heterocycles. The zero-order valence-electron chi connectivity index (χ0n) is 46.4.